The summed E-state index contributed by atoms with van der Waals surface area (Å²) in [5.74, 6) is -0.0102. The molecule has 0 radical (unpaired) electrons. The number of pyridine rings is 1. The predicted molar refractivity (Wildman–Crippen MR) is 138 cm³/mol. The maximum absolute atomic E-state index is 15.0. The number of rotatable bonds is 9. The number of nitrogens with two attached hydrogens (primary N) is 1. The van der Waals surface area contributed by atoms with Crippen LogP contribution in [0.3, 0.4) is 0 Å². The molecule has 0 saturated carbocycles. The average Bonchev–Trinajstić information content (AvgIpc) is 2.87. The number of piperidine rings is 2. The first kappa shape index (κ1) is 27.4. The molecule has 1 unspecified atom stereocenters. The van der Waals surface area contributed by atoms with Gasteiger partial charge in [-0.3, -0.25) is 14.7 Å². The second kappa shape index (κ2) is 11.8. The number of amides is 1. The number of hydrogen-bond donors (Lipinski definition) is 2. The molecular formula is C28H38F2N4O3. The van der Waals surface area contributed by atoms with Crippen LogP contribution >= 0.6 is 0 Å². The maximum Gasteiger partial charge on any atom is 0.234 e. The lowest BCUT2D eigenvalue weighted by Crippen LogP contribution is -2.49. The topological polar surface area (TPSA) is 91.9 Å². The first-order chi connectivity index (χ1) is 17.6. The van der Waals surface area contributed by atoms with Gasteiger partial charge in [-0.05, 0) is 76.7 Å². The zero-order valence-corrected chi connectivity index (χ0v) is 21.7. The van der Waals surface area contributed by atoms with Gasteiger partial charge in [0.1, 0.15) is 23.5 Å². The SMILES string of the molecule is CC(C)(F)CN1CCC(COc2ccc(-c3ccc(C(O)N4CCCC[C@@H]4C(N)=O)c(F)c3)nc2)CC1. The van der Waals surface area contributed by atoms with Crippen molar-refractivity contribution in [2.24, 2.45) is 11.7 Å². The number of primary amides is 1. The van der Waals surface area contributed by atoms with Crippen molar-refractivity contribution in [3.05, 3.63) is 47.9 Å². The van der Waals surface area contributed by atoms with Gasteiger partial charge in [0.25, 0.3) is 0 Å². The van der Waals surface area contributed by atoms with Crippen molar-refractivity contribution in [3.8, 4) is 17.0 Å². The molecule has 0 spiro atoms. The van der Waals surface area contributed by atoms with E-state index in [9.17, 15) is 14.3 Å². The molecular weight excluding hydrogens is 478 g/mol. The second-order valence-corrected chi connectivity index (χ2v) is 10.9. The first-order valence-electron chi connectivity index (χ1n) is 13.1. The highest BCUT2D eigenvalue weighted by Crippen LogP contribution is 2.31. The van der Waals surface area contributed by atoms with Crippen LogP contribution in [0.4, 0.5) is 8.78 Å². The molecule has 0 aliphatic carbocycles. The third-order valence-corrected chi connectivity index (χ3v) is 7.29. The Balaban J connectivity index is 1.33. The van der Waals surface area contributed by atoms with E-state index in [4.69, 9.17) is 10.5 Å². The number of carbonyl (C=O) groups excluding carboxylic acids is 1. The van der Waals surface area contributed by atoms with E-state index >= 15 is 4.39 Å². The van der Waals surface area contributed by atoms with E-state index in [2.05, 4.69) is 9.88 Å². The summed E-state index contributed by atoms with van der Waals surface area (Å²) >= 11 is 0. The minimum Gasteiger partial charge on any atom is -0.492 e. The lowest BCUT2D eigenvalue weighted by atomic mass is 9.97. The van der Waals surface area contributed by atoms with Gasteiger partial charge >= 0.3 is 0 Å². The number of aliphatic hydroxyl groups excluding tert-OH is 1. The summed E-state index contributed by atoms with van der Waals surface area (Å²) in [6.07, 6.45) is 4.54. The molecule has 2 saturated heterocycles. The number of halogens is 2. The monoisotopic (exact) mass is 516 g/mol. The highest BCUT2D eigenvalue weighted by atomic mass is 19.1. The van der Waals surface area contributed by atoms with Gasteiger partial charge in [0, 0.05) is 24.2 Å². The van der Waals surface area contributed by atoms with Crippen molar-refractivity contribution in [1.29, 1.82) is 0 Å². The van der Waals surface area contributed by atoms with Gasteiger partial charge < -0.3 is 20.5 Å². The summed E-state index contributed by atoms with van der Waals surface area (Å²) in [5.41, 5.74) is 5.59. The van der Waals surface area contributed by atoms with E-state index in [-0.39, 0.29) is 5.56 Å². The number of benzene rings is 1. The van der Waals surface area contributed by atoms with Gasteiger partial charge in [-0.2, -0.15) is 0 Å². The van der Waals surface area contributed by atoms with Crippen LogP contribution in [0.5, 0.6) is 5.75 Å². The Morgan fingerprint density at radius 3 is 2.57 bits per heavy atom. The molecule has 2 fully saturated rings. The zero-order valence-electron chi connectivity index (χ0n) is 21.7. The molecule has 2 aromatic rings. The quantitative estimate of drug-likeness (QED) is 0.522. The molecule has 3 heterocycles. The standard InChI is InChI=1S/C28H38F2N4O3/c1-28(2,30)18-33-13-10-19(11-14-33)17-37-21-7-9-24(32-16-21)20-6-8-22(23(29)15-20)27(36)34-12-4-3-5-25(34)26(31)35/h6-9,15-16,19,25,27,36H,3-5,10-14,17-18H2,1-2H3,(H2,31,35)/t25-,27?/m1/s1. The number of carbonyl (C=O) groups is 1. The van der Waals surface area contributed by atoms with Gasteiger partial charge in [0.15, 0.2) is 0 Å². The Morgan fingerprint density at radius 2 is 1.95 bits per heavy atom. The summed E-state index contributed by atoms with van der Waals surface area (Å²) in [4.78, 5) is 20.0. The zero-order chi connectivity index (χ0) is 26.6. The summed E-state index contributed by atoms with van der Waals surface area (Å²) < 4.78 is 34.8. The Hall–Kier alpha value is -2.62. The fourth-order valence-corrected chi connectivity index (χ4v) is 5.32. The van der Waals surface area contributed by atoms with Crippen molar-refractivity contribution in [1.82, 2.24) is 14.8 Å². The van der Waals surface area contributed by atoms with Crippen molar-refractivity contribution >= 4 is 5.91 Å². The number of likely N-dealkylation sites (tertiary alicyclic amines) is 2. The molecule has 4 rings (SSSR count). The van der Waals surface area contributed by atoms with E-state index in [0.717, 1.165) is 38.8 Å². The summed E-state index contributed by atoms with van der Waals surface area (Å²) in [5, 5.41) is 10.8. The number of aliphatic hydroxyl groups is 1. The summed E-state index contributed by atoms with van der Waals surface area (Å²) in [6, 6.07) is 7.57. The van der Waals surface area contributed by atoms with Crippen LogP contribution in [-0.2, 0) is 4.79 Å². The molecule has 0 bridgehead atoms. The molecule has 2 aliphatic heterocycles. The van der Waals surface area contributed by atoms with Gasteiger partial charge in [-0.1, -0.05) is 18.6 Å². The van der Waals surface area contributed by atoms with Crippen LogP contribution in [0.15, 0.2) is 36.5 Å². The maximum atomic E-state index is 15.0. The Bertz CT molecular complexity index is 1050. The van der Waals surface area contributed by atoms with Gasteiger partial charge in [0.05, 0.1) is 24.5 Å². The lowest BCUT2D eigenvalue weighted by Gasteiger charge is -2.37. The van der Waals surface area contributed by atoms with Crippen molar-refractivity contribution in [2.45, 2.75) is 63.9 Å². The molecule has 1 amide bonds. The Morgan fingerprint density at radius 1 is 1.19 bits per heavy atom. The number of nitrogens with zero attached hydrogens (tertiary/aromatic N) is 3. The number of ether oxygens (including phenoxy) is 1. The molecule has 7 nitrogen and oxygen atoms in total. The van der Waals surface area contributed by atoms with Crippen molar-refractivity contribution in [2.75, 3.05) is 32.8 Å². The van der Waals surface area contributed by atoms with Crippen LogP contribution in [0.25, 0.3) is 11.3 Å². The fraction of sp³-hybridized carbons (Fsp3) is 0.571. The van der Waals surface area contributed by atoms with Gasteiger partial charge in [0.2, 0.25) is 5.91 Å². The van der Waals surface area contributed by atoms with Crippen LogP contribution in [-0.4, -0.2) is 70.3 Å². The number of alkyl halides is 1. The largest absolute Gasteiger partial charge is 0.492 e. The number of hydrogen-bond acceptors (Lipinski definition) is 6. The summed E-state index contributed by atoms with van der Waals surface area (Å²) in [7, 11) is 0. The van der Waals surface area contributed by atoms with Crippen molar-refractivity contribution < 1.29 is 23.4 Å². The predicted octanol–water partition coefficient (Wildman–Crippen LogP) is 4.06. The molecule has 2 aliphatic rings. The van der Waals surface area contributed by atoms with Crippen LogP contribution in [0.2, 0.25) is 0 Å². The van der Waals surface area contributed by atoms with E-state index in [1.165, 1.54) is 12.1 Å². The molecule has 2 atom stereocenters. The van der Waals surface area contributed by atoms with Crippen LogP contribution in [0, 0.1) is 11.7 Å². The smallest absolute Gasteiger partial charge is 0.234 e. The average molecular weight is 517 g/mol. The van der Waals surface area contributed by atoms with Crippen LogP contribution in [0.1, 0.15) is 57.7 Å². The van der Waals surface area contributed by atoms with Gasteiger partial charge in [-0.15, -0.1) is 0 Å². The van der Waals surface area contributed by atoms with Crippen molar-refractivity contribution in [3.63, 3.8) is 0 Å². The van der Waals surface area contributed by atoms with E-state index < -0.39 is 29.7 Å². The molecule has 1 aromatic heterocycles. The Kier molecular flexibility index (Phi) is 8.77. The second-order valence-electron chi connectivity index (χ2n) is 10.9. The third-order valence-electron chi connectivity index (χ3n) is 7.29. The minimum atomic E-state index is -1.24. The number of aromatic nitrogens is 1. The molecule has 3 N–H and O–H groups in total. The molecule has 1 aromatic carbocycles. The molecule has 37 heavy (non-hydrogen) atoms. The highest BCUT2D eigenvalue weighted by molar-refractivity contribution is 5.80. The van der Waals surface area contributed by atoms with E-state index in [1.807, 2.05) is 6.07 Å². The minimum absolute atomic E-state index is 0.109. The Labute approximate surface area is 217 Å². The van der Waals surface area contributed by atoms with E-state index in [1.54, 1.807) is 37.1 Å². The first-order valence-corrected chi connectivity index (χ1v) is 13.1. The molecule has 9 heteroatoms. The normalized spacial score (nSPS) is 21.1. The van der Waals surface area contributed by atoms with E-state index in [0.29, 0.717) is 49.0 Å². The van der Waals surface area contributed by atoms with Gasteiger partial charge in [-0.25, -0.2) is 8.78 Å². The molecule has 202 valence electrons. The fourth-order valence-electron chi connectivity index (χ4n) is 5.32. The lowest BCUT2D eigenvalue weighted by molar-refractivity contribution is -0.131. The summed E-state index contributed by atoms with van der Waals surface area (Å²) in [6.45, 7) is 6.48. The highest BCUT2D eigenvalue weighted by Gasteiger charge is 2.33. The third kappa shape index (κ3) is 7.24. The van der Waals surface area contributed by atoms with Crippen LogP contribution < -0.4 is 10.5 Å².